The standard InChI is InChI=1S/C24H27N7O2/c1-3-17-16(13-31-9-11-32-12-10-31)6-8-26-20(17)19(5-1)33-23(18-4-2-7-25-18)21-22-24(29-14-27-21)30-15-28-22/h1,3,5-6,8,14-15,18,23,25H,2,4,7,9-13H2,(H,27,28,29,30)/t18?,23-/m1/s1. The Hall–Kier alpha value is -3.14. The lowest BCUT2D eigenvalue weighted by molar-refractivity contribution is 0.0343. The van der Waals surface area contributed by atoms with E-state index in [0.29, 0.717) is 5.65 Å². The van der Waals surface area contributed by atoms with Crippen LogP contribution in [0.15, 0.2) is 43.1 Å². The number of hydrogen-bond acceptors (Lipinski definition) is 8. The predicted molar refractivity (Wildman–Crippen MR) is 124 cm³/mol. The Balaban J connectivity index is 1.37. The topological polar surface area (TPSA) is 101 Å². The van der Waals surface area contributed by atoms with Crippen molar-refractivity contribution >= 4 is 22.1 Å². The lowest BCUT2D eigenvalue weighted by Crippen LogP contribution is -2.35. The number of hydrogen-bond donors (Lipinski definition) is 2. The summed E-state index contributed by atoms with van der Waals surface area (Å²) < 4.78 is 12.2. The summed E-state index contributed by atoms with van der Waals surface area (Å²) in [6, 6.07) is 8.44. The van der Waals surface area contributed by atoms with Gasteiger partial charge in [-0.15, -0.1) is 0 Å². The molecule has 0 aliphatic carbocycles. The first-order chi connectivity index (χ1) is 16.4. The number of aromatic nitrogens is 5. The van der Waals surface area contributed by atoms with Crippen LogP contribution in [0.1, 0.15) is 30.2 Å². The zero-order valence-electron chi connectivity index (χ0n) is 18.4. The van der Waals surface area contributed by atoms with Crippen molar-refractivity contribution in [3.05, 3.63) is 54.4 Å². The molecule has 2 N–H and O–H groups in total. The molecule has 0 radical (unpaired) electrons. The van der Waals surface area contributed by atoms with E-state index in [9.17, 15) is 0 Å². The van der Waals surface area contributed by atoms with E-state index in [-0.39, 0.29) is 12.1 Å². The number of ether oxygens (including phenoxy) is 2. The Morgan fingerprint density at radius 3 is 2.94 bits per heavy atom. The number of pyridine rings is 1. The highest BCUT2D eigenvalue weighted by Gasteiger charge is 2.31. The summed E-state index contributed by atoms with van der Waals surface area (Å²) >= 11 is 0. The number of benzene rings is 1. The predicted octanol–water partition coefficient (Wildman–Crippen LogP) is 2.61. The Kier molecular flexibility index (Phi) is 5.59. The molecule has 1 aromatic carbocycles. The van der Waals surface area contributed by atoms with Gasteiger partial charge in [0.15, 0.2) is 11.8 Å². The average molecular weight is 446 g/mol. The highest BCUT2D eigenvalue weighted by molar-refractivity contribution is 5.87. The lowest BCUT2D eigenvalue weighted by Gasteiger charge is -2.27. The Morgan fingerprint density at radius 1 is 1.12 bits per heavy atom. The maximum absolute atomic E-state index is 6.72. The third kappa shape index (κ3) is 4.03. The van der Waals surface area contributed by atoms with E-state index < -0.39 is 0 Å². The van der Waals surface area contributed by atoms with Gasteiger partial charge in [-0.05, 0) is 37.1 Å². The Bertz CT molecular complexity index is 1250. The van der Waals surface area contributed by atoms with Crippen molar-refractivity contribution in [2.45, 2.75) is 31.5 Å². The summed E-state index contributed by atoms with van der Waals surface area (Å²) in [7, 11) is 0. The van der Waals surface area contributed by atoms with Gasteiger partial charge in [-0.25, -0.2) is 15.0 Å². The van der Waals surface area contributed by atoms with Gasteiger partial charge in [0.1, 0.15) is 28.8 Å². The van der Waals surface area contributed by atoms with E-state index in [1.165, 1.54) is 5.56 Å². The molecule has 0 amide bonds. The normalized spacial score (nSPS) is 20.4. The zero-order chi connectivity index (χ0) is 22.0. The fourth-order valence-corrected chi connectivity index (χ4v) is 4.87. The monoisotopic (exact) mass is 445 g/mol. The second-order valence-electron chi connectivity index (χ2n) is 8.61. The molecular weight excluding hydrogens is 418 g/mol. The van der Waals surface area contributed by atoms with Gasteiger partial charge in [-0.3, -0.25) is 9.88 Å². The molecule has 0 bridgehead atoms. The Morgan fingerprint density at radius 2 is 2.06 bits per heavy atom. The van der Waals surface area contributed by atoms with Gasteiger partial charge in [0.05, 0.1) is 25.6 Å². The number of para-hydroxylation sites is 1. The number of H-pyrrole nitrogens is 1. The first kappa shape index (κ1) is 20.5. The van der Waals surface area contributed by atoms with Crippen LogP contribution in [0.3, 0.4) is 0 Å². The van der Waals surface area contributed by atoms with Crippen LogP contribution in [-0.2, 0) is 11.3 Å². The highest BCUT2D eigenvalue weighted by atomic mass is 16.5. The first-order valence-electron chi connectivity index (χ1n) is 11.6. The number of nitrogens with one attached hydrogen (secondary N) is 2. The van der Waals surface area contributed by atoms with E-state index in [1.54, 1.807) is 12.7 Å². The molecule has 0 saturated carbocycles. The van der Waals surface area contributed by atoms with Crippen LogP contribution < -0.4 is 10.1 Å². The number of morpholine rings is 1. The SMILES string of the molecule is c1cc(O[C@@H](c2ncnc3nc[nH]c23)C2CCCN2)c2nccc(CN3CCOCC3)c2c1. The molecule has 170 valence electrons. The second-order valence-corrected chi connectivity index (χ2v) is 8.61. The smallest absolute Gasteiger partial charge is 0.180 e. The van der Waals surface area contributed by atoms with Gasteiger partial charge in [0, 0.05) is 31.2 Å². The fourth-order valence-electron chi connectivity index (χ4n) is 4.87. The molecule has 4 aromatic rings. The number of aromatic amines is 1. The van der Waals surface area contributed by atoms with Crippen LogP contribution in [0.2, 0.25) is 0 Å². The number of nitrogens with zero attached hydrogens (tertiary/aromatic N) is 5. The summed E-state index contributed by atoms with van der Waals surface area (Å²) in [4.78, 5) is 23.5. The summed E-state index contributed by atoms with van der Waals surface area (Å²) in [5.41, 5.74) is 4.41. The summed E-state index contributed by atoms with van der Waals surface area (Å²) in [5, 5.41) is 4.71. The molecule has 6 rings (SSSR count). The van der Waals surface area contributed by atoms with Gasteiger partial charge < -0.3 is 19.8 Å². The molecule has 2 saturated heterocycles. The van der Waals surface area contributed by atoms with Crippen molar-refractivity contribution in [2.24, 2.45) is 0 Å². The third-order valence-corrected chi connectivity index (χ3v) is 6.56. The molecule has 9 nitrogen and oxygen atoms in total. The molecule has 9 heteroatoms. The molecule has 33 heavy (non-hydrogen) atoms. The van der Waals surface area contributed by atoms with Crippen molar-refractivity contribution in [1.29, 1.82) is 0 Å². The molecule has 3 aromatic heterocycles. The molecule has 2 aliphatic rings. The minimum absolute atomic E-state index is 0.151. The minimum Gasteiger partial charge on any atom is -0.480 e. The molecule has 2 aliphatic heterocycles. The number of fused-ring (bicyclic) bond motifs is 2. The average Bonchev–Trinajstić information content (AvgIpc) is 3.56. The van der Waals surface area contributed by atoms with Crippen LogP contribution in [0.25, 0.3) is 22.1 Å². The van der Waals surface area contributed by atoms with Crippen molar-refractivity contribution in [2.75, 3.05) is 32.8 Å². The third-order valence-electron chi connectivity index (χ3n) is 6.56. The lowest BCUT2D eigenvalue weighted by atomic mass is 10.0. The van der Waals surface area contributed by atoms with Gasteiger partial charge in [-0.2, -0.15) is 0 Å². The van der Waals surface area contributed by atoms with Gasteiger partial charge in [0.25, 0.3) is 0 Å². The van der Waals surface area contributed by atoms with E-state index in [0.717, 1.165) is 80.1 Å². The molecular formula is C24H27N7O2. The quantitative estimate of drug-likeness (QED) is 0.467. The van der Waals surface area contributed by atoms with Gasteiger partial charge in [0.2, 0.25) is 0 Å². The summed E-state index contributed by atoms with van der Waals surface area (Å²) in [6.45, 7) is 5.31. The van der Waals surface area contributed by atoms with Crippen molar-refractivity contribution in [3.8, 4) is 5.75 Å². The molecule has 2 fully saturated rings. The molecule has 1 unspecified atom stereocenters. The van der Waals surface area contributed by atoms with Crippen molar-refractivity contribution < 1.29 is 9.47 Å². The van der Waals surface area contributed by atoms with Crippen LogP contribution in [0.5, 0.6) is 5.75 Å². The number of imidazole rings is 1. The van der Waals surface area contributed by atoms with E-state index in [1.807, 2.05) is 18.3 Å². The molecule has 5 heterocycles. The zero-order valence-corrected chi connectivity index (χ0v) is 18.4. The van der Waals surface area contributed by atoms with E-state index in [2.05, 4.69) is 42.3 Å². The second kappa shape index (κ2) is 9.01. The van der Waals surface area contributed by atoms with Crippen molar-refractivity contribution in [1.82, 2.24) is 35.1 Å². The first-order valence-corrected chi connectivity index (χ1v) is 11.6. The fraction of sp³-hybridized carbons (Fsp3) is 0.417. The number of rotatable bonds is 6. The minimum atomic E-state index is -0.284. The van der Waals surface area contributed by atoms with Crippen LogP contribution >= 0.6 is 0 Å². The van der Waals surface area contributed by atoms with Crippen LogP contribution in [-0.4, -0.2) is 68.7 Å². The van der Waals surface area contributed by atoms with E-state index >= 15 is 0 Å². The Labute approximate surface area is 191 Å². The van der Waals surface area contributed by atoms with Gasteiger partial charge in [-0.1, -0.05) is 12.1 Å². The maximum atomic E-state index is 6.72. The van der Waals surface area contributed by atoms with Crippen LogP contribution in [0, 0.1) is 0 Å². The summed E-state index contributed by atoms with van der Waals surface area (Å²) in [5.74, 6) is 0.765. The largest absolute Gasteiger partial charge is 0.480 e. The molecule has 2 atom stereocenters. The highest BCUT2D eigenvalue weighted by Crippen LogP contribution is 2.34. The van der Waals surface area contributed by atoms with E-state index in [4.69, 9.17) is 14.5 Å². The van der Waals surface area contributed by atoms with Crippen LogP contribution in [0.4, 0.5) is 0 Å². The van der Waals surface area contributed by atoms with Gasteiger partial charge >= 0.3 is 0 Å². The summed E-state index contributed by atoms with van der Waals surface area (Å²) in [6.07, 6.45) is 6.94. The molecule has 0 spiro atoms. The maximum Gasteiger partial charge on any atom is 0.180 e. The van der Waals surface area contributed by atoms with Crippen molar-refractivity contribution in [3.63, 3.8) is 0 Å².